The first-order chi connectivity index (χ1) is 5.25. The van der Waals surface area contributed by atoms with Gasteiger partial charge < -0.3 is 10.8 Å². The van der Waals surface area contributed by atoms with E-state index < -0.39 is 0 Å². The number of rotatable bonds is 2. The maximum atomic E-state index is 8.82. The van der Waals surface area contributed by atoms with Crippen molar-refractivity contribution in [1.82, 2.24) is 0 Å². The van der Waals surface area contributed by atoms with Gasteiger partial charge in [-0.3, -0.25) is 5.41 Å². The predicted molar refractivity (Wildman–Crippen MR) is 43.4 cm³/mol. The fourth-order valence-electron chi connectivity index (χ4n) is 0.921. The molecule has 11 heavy (non-hydrogen) atoms. The molecule has 0 bridgehead atoms. The Bertz CT molecular complexity index is 271. The molecule has 0 aliphatic carbocycles. The van der Waals surface area contributed by atoms with E-state index in [-0.39, 0.29) is 12.4 Å². The van der Waals surface area contributed by atoms with E-state index >= 15 is 0 Å². The van der Waals surface area contributed by atoms with E-state index in [1.54, 1.807) is 24.3 Å². The van der Waals surface area contributed by atoms with Crippen LogP contribution in [0.15, 0.2) is 24.3 Å². The zero-order valence-corrected chi connectivity index (χ0v) is 6.04. The van der Waals surface area contributed by atoms with Crippen LogP contribution in [0.25, 0.3) is 0 Å². The Labute approximate surface area is 65.0 Å². The highest BCUT2D eigenvalue weighted by molar-refractivity contribution is 5.96. The summed E-state index contributed by atoms with van der Waals surface area (Å²) in [6.45, 7) is -0.0737. The van der Waals surface area contributed by atoms with Gasteiger partial charge in [-0.15, -0.1) is 0 Å². The Kier molecular flexibility index (Phi) is 2.23. The largest absolute Gasteiger partial charge is 0.392 e. The van der Waals surface area contributed by atoms with Gasteiger partial charge in [0.05, 0.1) is 6.61 Å². The number of aliphatic hydroxyl groups is 1. The third-order valence-electron chi connectivity index (χ3n) is 1.48. The molecule has 0 saturated carbocycles. The van der Waals surface area contributed by atoms with Crippen molar-refractivity contribution in [2.45, 2.75) is 6.61 Å². The Morgan fingerprint density at radius 1 is 1.45 bits per heavy atom. The molecule has 0 atom stereocenters. The SMILES string of the molecule is N=C(N)c1ccccc1CO. The van der Waals surface area contributed by atoms with E-state index in [0.717, 1.165) is 0 Å². The van der Waals surface area contributed by atoms with Crippen molar-refractivity contribution in [3.05, 3.63) is 35.4 Å². The molecule has 1 rings (SSSR count). The van der Waals surface area contributed by atoms with Crippen LogP contribution in [-0.4, -0.2) is 10.9 Å². The molecule has 1 aromatic carbocycles. The smallest absolute Gasteiger partial charge is 0.123 e. The minimum Gasteiger partial charge on any atom is -0.392 e. The number of benzene rings is 1. The number of nitrogen functional groups attached to an aromatic ring is 1. The van der Waals surface area contributed by atoms with Crippen molar-refractivity contribution in [1.29, 1.82) is 5.41 Å². The van der Waals surface area contributed by atoms with Gasteiger partial charge in [-0.1, -0.05) is 24.3 Å². The topological polar surface area (TPSA) is 70.1 Å². The zero-order valence-electron chi connectivity index (χ0n) is 6.04. The zero-order chi connectivity index (χ0) is 8.27. The van der Waals surface area contributed by atoms with Gasteiger partial charge in [0.15, 0.2) is 0 Å². The summed E-state index contributed by atoms with van der Waals surface area (Å²) in [5.74, 6) is -0.00495. The molecular weight excluding hydrogens is 140 g/mol. The predicted octanol–water partition coefficient (Wildman–Crippen LogP) is 0.463. The van der Waals surface area contributed by atoms with E-state index in [4.69, 9.17) is 16.2 Å². The third-order valence-corrected chi connectivity index (χ3v) is 1.48. The van der Waals surface area contributed by atoms with Gasteiger partial charge in [0.2, 0.25) is 0 Å². The molecule has 0 spiro atoms. The van der Waals surface area contributed by atoms with Crippen molar-refractivity contribution < 1.29 is 5.11 Å². The second-order valence-corrected chi connectivity index (χ2v) is 2.23. The standard InChI is InChI=1S/C8H10N2O/c9-8(10)7-4-2-1-3-6(7)5-11/h1-4,11H,5H2,(H3,9,10). The number of amidine groups is 1. The first-order valence-electron chi connectivity index (χ1n) is 3.29. The van der Waals surface area contributed by atoms with Crippen LogP contribution < -0.4 is 5.73 Å². The molecule has 4 N–H and O–H groups in total. The lowest BCUT2D eigenvalue weighted by molar-refractivity contribution is 0.281. The van der Waals surface area contributed by atoms with Crippen molar-refractivity contribution >= 4 is 5.84 Å². The molecule has 1 aromatic rings. The van der Waals surface area contributed by atoms with Crippen LogP contribution in [0.2, 0.25) is 0 Å². The van der Waals surface area contributed by atoms with Crippen LogP contribution in [0.5, 0.6) is 0 Å². The number of nitrogens with two attached hydrogens (primary N) is 1. The normalized spacial score (nSPS) is 9.55. The van der Waals surface area contributed by atoms with Crippen LogP contribution in [-0.2, 0) is 6.61 Å². The summed E-state index contributed by atoms with van der Waals surface area (Å²) in [7, 11) is 0. The summed E-state index contributed by atoms with van der Waals surface area (Å²) in [6.07, 6.45) is 0. The molecular formula is C8H10N2O. The summed E-state index contributed by atoms with van der Waals surface area (Å²) in [4.78, 5) is 0. The number of nitrogens with one attached hydrogen (secondary N) is 1. The molecule has 0 amide bonds. The lowest BCUT2D eigenvalue weighted by Gasteiger charge is -2.03. The average molecular weight is 150 g/mol. The minimum absolute atomic E-state index is 0.00495. The highest BCUT2D eigenvalue weighted by Crippen LogP contribution is 2.06. The van der Waals surface area contributed by atoms with E-state index in [1.165, 1.54) is 0 Å². The quantitative estimate of drug-likeness (QED) is 0.423. The molecule has 3 heteroatoms. The maximum Gasteiger partial charge on any atom is 0.123 e. The van der Waals surface area contributed by atoms with Gasteiger partial charge in [0.1, 0.15) is 5.84 Å². The van der Waals surface area contributed by atoms with E-state index in [1.807, 2.05) is 0 Å². The Morgan fingerprint density at radius 2 is 2.09 bits per heavy atom. The fraction of sp³-hybridized carbons (Fsp3) is 0.125. The van der Waals surface area contributed by atoms with E-state index in [2.05, 4.69) is 0 Å². The summed E-state index contributed by atoms with van der Waals surface area (Å²) in [5.41, 5.74) is 6.56. The van der Waals surface area contributed by atoms with Crippen molar-refractivity contribution in [3.63, 3.8) is 0 Å². The van der Waals surface area contributed by atoms with Gasteiger partial charge in [0.25, 0.3) is 0 Å². The summed E-state index contributed by atoms with van der Waals surface area (Å²) < 4.78 is 0. The molecule has 0 aliphatic heterocycles. The molecule has 0 aromatic heterocycles. The molecule has 0 fully saturated rings. The minimum atomic E-state index is -0.0737. The summed E-state index contributed by atoms with van der Waals surface area (Å²) >= 11 is 0. The number of aliphatic hydroxyl groups excluding tert-OH is 1. The van der Waals surface area contributed by atoms with Gasteiger partial charge in [-0.25, -0.2) is 0 Å². The van der Waals surface area contributed by atoms with Crippen LogP contribution in [0.1, 0.15) is 11.1 Å². The Balaban J connectivity index is 3.12. The molecule has 0 aliphatic rings. The van der Waals surface area contributed by atoms with Crippen LogP contribution in [0, 0.1) is 5.41 Å². The van der Waals surface area contributed by atoms with Crippen LogP contribution in [0.3, 0.4) is 0 Å². The first-order valence-corrected chi connectivity index (χ1v) is 3.29. The second kappa shape index (κ2) is 3.16. The average Bonchev–Trinajstić information content (AvgIpc) is 2.04. The molecule has 0 unspecified atom stereocenters. The lowest BCUT2D eigenvalue weighted by atomic mass is 10.1. The molecule has 0 heterocycles. The molecule has 58 valence electrons. The van der Waals surface area contributed by atoms with E-state index in [0.29, 0.717) is 11.1 Å². The highest BCUT2D eigenvalue weighted by atomic mass is 16.3. The monoisotopic (exact) mass is 150 g/mol. The summed E-state index contributed by atoms with van der Waals surface area (Å²) in [6, 6.07) is 7.05. The molecule has 0 saturated heterocycles. The number of hydrogen-bond donors (Lipinski definition) is 3. The van der Waals surface area contributed by atoms with E-state index in [9.17, 15) is 0 Å². The molecule has 0 radical (unpaired) electrons. The van der Waals surface area contributed by atoms with Gasteiger partial charge in [0, 0.05) is 5.56 Å². The first kappa shape index (κ1) is 7.75. The summed E-state index contributed by atoms with van der Waals surface area (Å²) in [5, 5.41) is 16.0. The highest BCUT2D eigenvalue weighted by Gasteiger charge is 2.01. The third kappa shape index (κ3) is 1.56. The van der Waals surface area contributed by atoms with Crippen molar-refractivity contribution in [2.24, 2.45) is 5.73 Å². The Morgan fingerprint density at radius 3 is 2.55 bits per heavy atom. The second-order valence-electron chi connectivity index (χ2n) is 2.23. The van der Waals surface area contributed by atoms with Gasteiger partial charge in [-0.2, -0.15) is 0 Å². The van der Waals surface area contributed by atoms with Crippen molar-refractivity contribution in [2.75, 3.05) is 0 Å². The van der Waals surface area contributed by atoms with Crippen LogP contribution >= 0.6 is 0 Å². The van der Waals surface area contributed by atoms with Gasteiger partial charge in [-0.05, 0) is 5.56 Å². The maximum absolute atomic E-state index is 8.82. The van der Waals surface area contributed by atoms with Crippen LogP contribution in [0.4, 0.5) is 0 Å². The Hall–Kier alpha value is -1.35. The number of hydrogen-bond acceptors (Lipinski definition) is 2. The lowest BCUT2D eigenvalue weighted by Crippen LogP contribution is -2.13. The molecule has 3 nitrogen and oxygen atoms in total. The van der Waals surface area contributed by atoms with Gasteiger partial charge >= 0.3 is 0 Å². The fourth-order valence-corrected chi connectivity index (χ4v) is 0.921. The van der Waals surface area contributed by atoms with Crippen molar-refractivity contribution in [3.8, 4) is 0 Å².